The number of amides is 1. The molecule has 8 nitrogen and oxygen atoms in total. The van der Waals surface area contributed by atoms with Crippen molar-refractivity contribution in [1.29, 1.82) is 0 Å². The van der Waals surface area contributed by atoms with Crippen LogP contribution in [-0.4, -0.2) is 35.8 Å². The molecule has 0 spiro atoms. The number of nitrogens with two attached hydrogens (primary N) is 1. The van der Waals surface area contributed by atoms with E-state index in [4.69, 9.17) is 5.73 Å². The summed E-state index contributed by atoms with van der Waals surface area (Å²) in [5, 5.41) is 11.7. The summed E-state index contributed by atoms with van der Waals surface area (Å²) in [6.45, 7) is 3.94. The van der Waals surface area contributed by atoms with Crippen LogP contribution in [0, 0.1) is 13.8 Å². The fraction of sp³-hybridized carbons (Fsp3) is 0.250. The summed E-state index contributed by atoms with van der Waals surface area (Å²) >= 11 is 1.19. The van der Waals surface area contributed by atoms with Gasteiger partial charge in [0.05, 0.1) is 11.4 Å². The first-order valence-corrected chi connectivity index (χ1v) is 10.3. The molecule has 0 fully saturated rings. The Hall–Kier alpha value is -2.59. The molecule has 0 aromatic carbocycles. The van der Waals surface area contributed by atoms with Gasteiger partial charge in [-0.25, -0.2) is 13.4 Å². The van der Waals surface area contributed by atoms with E-state index < -0.39 is 9.84 Å². The number of carbonyl (C=O) groups is 1. The first kappa shape index (κ1) is 18.2. The van der Waals surface area contributed by atoms with Crippen LogP contribution in [0.2, 0.25) is 0 Å². The maximum absolute atomic E-state index is 12.5. The highest BCUT2D eigenvalue weighted by atomic mass is 32.2. The molecule has 0 saturated heterocycles. The number of nitrogens with one attached hydrogen (secondary N) is 1. The molecular formula is C16H17N5O3S2. The predicted octanol–water partition coefficient (Wildman–Crippen LogP) is 1.62. The summed E-state index contributed by atoms with van der Waals surface area (Å²) in [6.07, 6.45) is 2.51. The fourth-order valence-electron chi connectivity index (χ4n) is 2.41. The molecule has 136 valence electrons. The Bertz CT molecular complexity index is 1110. The molecule has 3 N–H and O–H groups in total. The van der Waals surface area contributed by atoms with Crippen molar-refractivity contribution in [3.63, 3.8) is 0 Å². The second-order valence-electron chi connectivity index (χ2n) is 5.89. The van der Waals surface area contributed by atoms with E-state index in [1.54, 1.807) is 6.07 Å². The van der Waals surface area contributed by atoms with Crippen LogP contribution in [0.3, 0.4) is 0 Å². The number of aromatic nitrogens is 3. The highest BCUT2D eigenvalue weighted by Crippen LogP contribution is 2.34. The molecule has 0 atom stereocenters. The lowest BCUT2D eigenvalue weighted by Gasteiger charge is -2.05. The molecule has 3 aromatic rings. The van der Waals surface area contributed by atoms with Gasteiger partial charge in [0.2, 0.25) is 0 Å². The van der Waals surface area contributed by atoms with Crippen molar-refractivity contribution < 1.29 is 13.2 Å². The van der Waals surface area contributed by atoms with Gasteiger partial charge < -0.3 is 11.1 Å². The third kappa shape index (κ3) is 3.37. The molecule has 0 bridgehead atoms. The third-order valence-corrected chi connectivity index (χ3v) is 6.06. The van der Waals surface area contributed by atoms with Crippen molar-refractivity contribution >= 4 is 43.0 Å². The molecule has 0 aliphatic carbocycles. The molecule has 0 aliphatic heterocycles. The van der Waals surface area contributed by atoms with E-state index in [9.17, 15) is 13.2 Å². The molecular weight excluding hydrogens is 374 g/mol. The Morgan fingerprint density at radius 2 is 2.00 bits per heavy atom. The summed E-state index contributed by atoms with van der Waals surface area (Å²) in [7, 11) is -3.35. The number of nitrogens with zero attached hydrogens (tertiary/aromatic N) is 3. The summed E-state index contributed by atoms with van der Waals surface area (Å²) in [4.78, 5) is 17.4. The zero-order chi connectivity index (χ0) is 19.1. The van der Waals surface area contributed by atoms with Gasteiger partial charge in [-0.3, -0.25) is 4.79 Å². The van der Waals surface area contributed by atoms with Crippen LogP contribution in [0.15, 0.2) is 23.4 Å². The number of nitrogen functional groups attached to an aromatic ring is 1. The molecule has 0 saturated carbocycles. The Labute approximate surface area is 154 Å². The number of anilines is 1. The quantitative estimate of drug-likeness (QED) is 0.691. The Balaban J connectivity index is 1.80. The van der Waals surface area contributed by atoms with Crippen molar-refractivity contribution in [2.75, 3.05) is 12.0 Å². The normalized spacial score (nSPS) is 11.7. The van der Waals surface area contributed by atoms with Crippen LogP contribution in [0.4, 0.5) is 5.69 Å². The van der Waals surface area contributed by atoms with Crippen LogP contribution in [-0.2, 0) is 16.4 Å². The lowest BCUT2D eigenvalue weighted by Crippen LogP contribution is -2.22. The van der Waals surface area contributed by atoms with Crippen molar-refractivity contribution in [3.8, 4) is 0 Å². The van der Waals surface area contributed by atoms with Crippen LogP contribution in [0.1, 0.15) is 26.5 Å². The van der Waals surface area contributed by atoms with E-state index >= 15 is 0 Å². The largest absolute Gasteiger partial charge is 0.397 e. The van der Waals surface area contributed by atoms with Gasteiger partial charge in [0.25, 0.3) is 5.91 Å². The summed E-state index contributed by atoms with van der Waals surface area (Å²) in [5.41, 5.74) is 8.89. The highest BCUT2D eigenvalue weighted by molar-refractivity contribution is 7.90. The van der Waals surface area contributed by atoms with Gasteiger partial charge >= 0.3 is 0 Å². The first-order valence-electron chi connectivity index (χ1n) is 7.63. The molecule has 0 unspecified atom stereocenters. The molecule has 26 heavy (non-hydrogen) atoms. The first-order chi connectivity index (χ1) is 12.2. The number of rotatable bonds is 4. The van der Waals surface area contributed by atoms with Crippen LogP contribution < -0.4 is 11.1 Å². The zero-order valence-electron chi connectivity index (χ0n) is 14.4. The minimum atomic E-state index is -3.35. The van der Waals surface area contributed by atoms with Gasteiger partial charge in [0, 0.05) is 24.4 Å². The number of thiophene rings is 1. The van der Waals surface area contributed by atoms with E-state index in [-0.39, 0.29) is 17.5 Å². The van der Waals surface area contributed by atoms with Gasteiger partial charge in [-0.05, 0) is 31.0 Å². The van der Waals surface area contributed by atoms with Crippen molar-refractivity contribution in [2.24, 2.45) is 0 Å². The standard InChI is InChI=1S/C16H17N5O3S2/c1-8-9(2)20-21-16-12(8)13(17)14(25-16)15(22)19-7-10-4-5-11(18-6-10)26(3,23)24/h4-6H,7,17H2,1-3H3,(H,19,22). The van der Waals surface area contributed by atoms with Crippen molar-refractivity contribution in [1.82, 2.24) is 20.5 Å². The minimum Gasteiger partial charge on any atom is -0.397 e. The topological polar surface area (TPSA) is 128 Å². The van der Waals surface area contributed by atoms with Gasteiger partial charge in [-0.2, -0.15) is 5.10 Å². The van der Waals surface area contributed by atoms with E-state index in [0.717, 1.165) is 22.9 Å². The summed E-state index contributed by atoms with van der Waals surface area (Å²) in [6, 6.07) is 3.02. The molecule has 3 rings (SSSR count). The number of carbonyl (C=O) groups excluding carboxylic acids is 1. The smallest absolute Gasteiger partial charge is 0.263 e. The second-order valence-corrected chi connectivity index (χ2v) is 8.86. The molecule has 3 heterocycles. The van der Waals surface area contributed by atoms with E-state index in [2.05, 4.69) is 20.5 Å². The second kappa shape index (κ2) is 6.61. The average molecular weight is 391 g/mol. The third-order valence-electron chi connectivity index (χ3n) is 3.97. The predicted molar refractivity (Wildman–Crippen MR) is 99.8 cm³/mol. The summed E-state index contributed by atoms with van der Waals surface area (Å²) in [5.74, 6) is -0.324. The van der Waals surface area contributed by atoms with Crippen LogP contribution in [0.5, 0.6) is 0 Å². The SMILES string of the molecule is Cc1nnc2sc(C(=O)NCc3ccc(S(C)(=O)=O)nc3)c(N)c2c1C. The van der Waals surface area contributed by atoms with Crippen molar-refractivity contribution in [3.05, 3.63) is 40.0 Å². The molecule has 3 aromatic heterocycles. The molecule has 1 amide bonds. The van der Waals surface area contributed by atoms with E-state index in [1.165, 1.54) is 23.6 Å². The zero-order valence-corrected chi connectivity index (χ0v) is 16.0. The monoisotopic (exact) mass is 391 g/mol. The van der Waals surface area contributed by atoms with Crippen molar-refractivity contribution in [2.45, 2.75) is 25.4 Å². The number of hydrogen-bond donors (Lipinski definition) is 2. The maximum Gasteiger partial charge on any atom is 0.263 e. The van der Waals surface area contributed by atoms with Gasteiger partial charge in [-0.15, -0.1) is 16.4 Å². The van der Waals surface area contributed by atoms with Gasteiger partial charge in [0.15, 0.2) is 14.9 Å². The highest BCUT2D eigenvalue weighted by Gasteiger charge is 2.19. The number of fused-ring (bicyclic) bond motifs is 1. The number of pyridine rings is 1. The Kier molecular flexibility index (Phi) is 4.63. The lowest BCUT2D eigenvalue weighted by molar-refractivity contribution is 0.0955. The van der Waals surface area contributed by atoms with E-state index in [1.807, 2.05) is 13.8 Å². The number of sulfone groups is 1. The lowest BCUT2D eigenvalue weighted by atomic mass is 10.1. The fourth-order valence-corrected chi connectivity index (χ4v) is 3.98. The van der Waals surface area contributed by atoms with Crippen LogP contribution >= 0.6 is 11.3 Å². The Morgan fingerprint density at radius 1 is 1.27 bits per heavy atom. The average Bonchev–Trinajstić information content (AvgIpc) is 2.93. The Morgan fingerprint density at radius 3 is 2.62 bits per heavy atom. The number of aryl methyl sites for hydroxylation is 2. The summed E-state index contributed by atoms with van der Waals surface area (Å²) < 4.78 is 22.8. The maximum atomic E-state index is 12.5. The van der Waals surface area contributed by atoms with Gasteiger partial charge in [-0.1, -0.05) is 6.07 Å². The molecule has 0 radical (unpaired) electrons. The van der Waals surface area contributed by atoms with Gasteiger partial charge in [0.1, 0.15) is 9.71 Å². The molecule has 10 heteroatoms. The van der Waals surface area contributed by atoms with Crippen LogP contribution in [0.25, 0.3) is 10.2 Å². The minimum absolute atomic E-state index is 0.00857. The van der Waals surface area contributed by atoms with E-state index in [0.29, 0.717) is 21.0 Å². The molecule has 0 aliphatic rings. The number of hydrogen-bond acceptors (Lipinski definition) is 8.